The molecule has 0 bridgehead atoms. The Morgan fingerprint density at radius 2 is 2.24 bits per heavy atom. The standard InChI is InChI=1S/C12H13N5/c13-5-8-6-15-12-10(8)11(14)16-7-17(12)9-3-1-2-4-9/h6-7,9,14-15H,1-4H2. The third-order valence-corrected chi connectivity index (χ3v) is 3.50. The minimum absolute atomic E-state index is 0.173. The smallest absolute Gasteiger partial charge is 0.158 e. The Labute approximate surface area is 98.2 Å². The van der Waals surface area contributed by atoms with E-state index < -0.39 is 0 Å². The molecule has 5 nitrogen and oxygen atoms in total. The maximum Gasteiger partial charge on any atom is 0.158 e. The summed E-state index contributed by atoms with van der Waals surface area (Å²) < 4.78 is 2.08. The monoisotopic (exact) mass is 227 g/mol. The molecule has 0 amide bonds. The van der Waals surface area contributed by atoms with Gasteiger partial charge in [0.15, 0.2) is 5.49 Å². The van der Waals surface area contributed by atoms with E-state index in [1.54, 1.807) is 12.5 Å². The van der Waals surface area contributed by atoms with Crippen LogP contribution in [0.4, 0.5) is 0 Å². The number of nitrogens with zero attached hydrogens (tertiary/aromatic N) is 3. The second-order valence-electron chi connectivity index (χ2n) is 4.48. The molecule has 0 aromatic carbocycles. The number of nitriles is 1. The van der Waals surface area contributed by atoms with Crippen LogP contribution in [0.25, 0.3) is 11.0 Å². The van der Waals surface area contributed by atoms with Crippen LogP contribution >= 0.6 is 0 Å². The maximum atomic E-state index is 9.01. The molecule has 0 saturated heterocycles. The Morgan fingerprint density at radius 1 is 1.47 bits per heavy atom. The molecule has 0 spiro atoms. The molecule has 86 valence electrons. The van der Waals surface area contributed by atoms with Crippen molar-refractivity contribution in [3.05, 3.63) is 23.6 Å². The predicted molar refractivity (Wildman–Crippen MR) is 62.2 cm³/mol. The molecule has 0 unspecified atom stereocenters. The summed E-state index contributed by atoms with van der Waals surface area (Å²) >= 11 is 0. The Balaban J connectivity index is 2.27. The Hall–Kier alpha value is -2.09. The highest BCUT2D eigenvalue weighted by Crippen LogP contribution is 2.31. The van der Waals surface area contributed by atoms with Crippen LogP contribution in [0.1, 0.15) is 37.3 Å². The van der Waals surface area contributed by atoms with Gasteiger partial charge >= 0.3 is 0 Å². The lowest BCUT2D eigenvalue weighted by Crippen LogP contribution is -2.15. The molecule has 17 heavy (non-hydrogen) atoms. The minimum Gasteiger partial charge on any atom is -0.346 e. The molecule has 2 aromatic heterocycles. The van der Waals surface area contributed by atoms with Crippen LogP contribution in [0.2, 0.25) is 0 Å². The van der Waals surface area contributed by atoms with Gasteiger partial charge in [0.1, 0.15) is 11.7 Å². The summed E-state index contributed by atoms with van der Waals surface area (Å²) in [5.74, 6) is 0. The van der Waals surface area contributed by atoms with Crippen LogP contribution in [-0.4, -0.2) is 14.5 Å². The third-order valence-electron chi connectivity index (χ3n) is 3.50. The van der Waals surface area contributed by atoms with Crippen LogP contribution < -0.4 is 5.49 Å². The summed E-state index contributed by atoms with van der Waals surface area (Å²) in [5, 5.41) is 17.5. The largest absolute Gasteiger partial charge is 0.346 e. The van der Waals surface area contributed by atoms with Crippen molar-refractivity contribution in [1.29, 1.82) is 10.7 Å². The lowest BCUT2D eigenvalue weighted by atomic mass is 10.2. The summed E-state index contributed by atoms with van der Waals surface area (Å²) in [5.41, 5.74) is 1.53. The predicted octanol–water partition coefficient (Wildman–Crippen LogP) is 1.83. The van der Waals surface area contributed by atoms with E-state index in [1.807, 2.05) is 0 Å². The van der Waals surface area contributed by atoms with E-state index in [2.05, 4.69) is 20.6 Å². The Morgan fingerprint density at radius 3 is 2.94 bits per heavy atom. The van der Waals surface area contributed by atoms with Crippen molar-refractivity contribution in [2.24, 2.45) is 0 Å². The van der Waals surface area contributed by atoms with Crippen molar-refractivity contribution in [3.63, 3.8) is 0 Å². The normalized spacial score (nSPS) is 16.4. The molecule has 2 N–H and O–H groups in total. The van der Waals surface area contributed by atoms with Gasteiger partial charge in [0.25, 0.3) is 0 Å². The molecule has 2 aromatic rings. The van der Waals surface area contributed by atoms with E-state index in [1.165, 1.54) is 12.8 Å². The zero-order valence-electron chi connectivity index (χ0n) is 9.40. The highest BCUT2D eigenvalue weighted by atomic mass is 15.1. The molecule has 1 aliphatic carbocycles. The fraction of sp³-hybridized carbons (Fsp3) is 0.417. The average molecular weight is 227 g/mol. The molecule has 0 radical (unpaired) electrons. The quantitative estimate of drug-likeness (QED) is 0.779. The number of hydrogen-bond donors (Lipinski definition) is 2. The van der Waals surface area contributed by atoms with E-state index in [4.69, 9.17) is 10.7 Å². The number of aromatic amines is 1. The lowest BCUT2D eigenvalue weighted by molar-refractivity contribution is 0.521. The van der Waals surface area contributed by atoms with Gasteiger partial charge in [0.2, 0.25) is 0 Å². The lowest BCUT2D eigenvalue weighted by Gasteiger charge is -2.14. The van der Waals surface area contributed by atoms with Crippen molar-refractivity contribution in [3.8, 4) is 6.07 Å². The first-order chi connectivity index (χ1) is 8.31. The van der Waals surface area contributed by atoms with Crippen molar-refractivity contribution in [2.45, 2.75) is 31.7 Å². The number of nitrogens with one attached hydrogen (secondary N) is 2. The van der Waals surface area contributed by atoms with E-state index in [0.29, 0.717) is 17.0 Å². The first-order valence-corrected chi connectivity index (χ1v) is 5.84. The molecule has 0 atom stereocenters. The second kappa shape index (κ2) is 3.74. The van der Waals surface area contributed by atoms with Crippen LogP contribution in [0.5, 0.6) is 0 Å². The highest BCUT2D eigenvalue weighted by molar-refractivity contribution is 5.81. The minimum atomic E-state index is 0.173. The van der Waals surface area contributed by atoms with E-state index in [-0.39, 0.29) is 5.49 Å². The van der Waals surface area contributed by atoms with E-state index in [9.17, 15) is 0 Å². The first kappa shape index (κ1) is 10.1. The maximum absolute atomic E-state index is 9.01. The fourth-order valence-electron chi connectivity index (χ4n) is 2.65. The van der Waals surface area contributed by atoms with Crippen LogP contribution in [0.15, 0.2) is 12.5 Å². The molecular formula is C12H13N5. The average Bonchev–Trinajstić information content (AvgIpc) is 2.98. The number of rotatable bonds is 1. The van der Waals surface area contributed by atoms with Crippen molar-refractivity contribution in [2.75, 3.05) is 0 Å². The molecule has 1 aliphatic rings. The second-order valence-corrected chi connectivity index (χ2v) is 4.48. The van der Waals surface area contributed by atoms with Gasteiger partial charge in [0, 0.05) is 12.2 Å². The molecule has 0 aliphatic heterocycles. The zero-order valence-corrected chi connectivity index (χ0v) is 9.40. The van der Waals surface area contributed by atoms with Crippen LogP contribution in [0, 0.1) is 16.7 Å². The molecule has 2 heterocycles. The summed E-state index contributed by atoms with van der Waals surface area (Å²) in [6.07, 6.45) is 8.18. The third kappa shape index (κ3) is 1.45. The number of H-pyrrole nitrogens is 1. The van der Waals surface area contributed by atoms with Gasteiger partial charge in [0.05, 0.1) is 17.3 Å². The summed E-state index contributed by atoms with van der Waals surface area (Å²) in [6, 6.07) is 2.56. The zero-order chi connectivity index (χ0) is 11.8. The summed E-state index contributed by atoms with van der Waals surface area (Å²) in [4.78, 5) is 7.20. The number of hydrogen-bond acceptors (Lipinski definition) is 3. The van der Waals surface area contributed by atoms with Gasteiger partial charge in [-0.25, -0.2) is 4.98 Å². The van der Waals surface area contributed by atoms with Crippen molar-refractivity contribution < 1.29 is 0 Å². The first-order valence-electron chi connectivity index (χ1n) is 5.84. The number of aromatic nitrogens is 3. The van der Waals surface area contributed by atoms with Gasteiger partial charge < -0.3 is 9.55 Å². The van der Waals surface area contributed by atoms with Gasteiger partial charge in [-0.05, 0) is 12.8 Å². The molecular weight excluding hydrogens is 214 g/mol. The number of fused-ring (bicyclic) bond motifs is 1. The van der Waals surface area contributed by atoms with Gasteiger partial charge in [-0.15, -0.1) is 0 Å². The van der Waals surface area contributed by atoms with Crippen LogP contribution in [-0.2, 0) is 0 Å². The molecule has 5 heteroatoms. The van der Waals surface area contributed by atoms with Gasteiger partial charge in [-0.1, -0.05) is 12.8 Å². The summed E-state index contributed by atoms with van der Waals surface area (Å²) in [7, 11) is 0. The van der Waals surface area contributed by atoms with E-state index in [0.717, 1.165) is 18.5 Å². The fourth-order valence-corrected chi connectivity index (χ4v) is 2.65. The summed E-state index contributed by atoms with van der Waals surface area (Å²) in [6.45, 7) is 0. The molecule has 1 fully saturated rings. The van der Waals surface area contributed by atoms with Crippen molar-refractivity contribution >= 4 is 11.0 Å². The van der Waals surface area contributed by atoms with Gasteiger partial charge in [-0.3, -0.25) is 5.41 Å². The molecule has 3 rings (SSSR count). The SMILES string of the molecule is N#Cc1c[nH]c2c1c(=N)ncn2C1CCCC1. The highest BCUT2D eigenvalue weighted by Gasteiger charge is 2.19. The van der Waals surface area contributed by atoms with Crippen LogP contribution in [0.3, 0.4) is 0 Å². The van der Waals surface area contributed by atoms with E-state index >= 15 is 0 Å². The molecule has 1 saturated carbocycles. The topological polar surface area (TPSA) is 81.2 Å². The Bertz CT molecular complexity index is 652. The van der Waals surface area contributed by atoms with Crippen molar-refractivity contribution in [1.82, 2.24) is 14.5 Å². The van der Waals surface area contributed by atoms with Gasteiger partial charge in [-0.2, -0.15) is 5.26 Å². The Kier molecular flexibility index (Phi) is 2.22.